The largest absolute Gasteiger partial charge is 0.394 e. The number of benzene rings is 1. The molecule has 0 amide bonds. The van der Waals surface area contributed by atoms with Crippen molar-refractivity contribution in [3.8, 4) is 0 Å². The van der Waals surface area contributed by atoms with Gasteiger partial charge in [0.1, 0.15) is 11.6 Å². The van der Waals surface area contributed by atoms with E-state index in [1.54, 1.807) is 6.33 Å². The zero-order valence-corrected chi connectivity index (χ0v) is 16.9. The van der Waals surface area contributed by atoms with E-state index in [2.05, 4.69) is 25.6 Å². The van der Waals surface area contributed by atoms with E-state index < -0.39 is 11.6 Å². The maximum absolute atomic E-state index is 14.0. The van der Waals surface area contributed by atoms with E-state index >= 15 is 0 Å². The summed E-state index contributed by atoms with van der Waals surface area (Å²) >= 11 is 0. The standard InChI is InChI=1S/C20H26F2N6O/c1-11(2)16(9-29)25-20-26-18(17-19(27-20)28(10-24-17)12(3)4)23-8-13-7-14(21)5-6-15(13)22/h5-7,10-12,16,29H,8-9H2,1-4H3,(H2,23,25,26,27). The maximum atomic E-state index is 14.0. The Bertz CT molecular complexity index is 989. The smallest absolute Gasteiger partial charge is 0.227 e. The Kier molecular flexibility index (Phi) is 6.26. The number of hydrogen-bond acceptors (Lipinski definition) is 6. The van der Waals surface area contributed by atoms with Crippen molar-refractivity contribution in [3.63, 3.8) is 0 Å². The molecular weight excluding hydrogens is 378 g/mol. The van der Waals surface area contributed by atoms with E-state index in [9.17, 15) is 13.9 Å². The van der Waals surface area contributed by atoms with Gasteiger partial charge in [0.25, 0.3) is 0 Å². The lowest BCUT2D eigenvalue weighted by Crippen LogP contribution is -2.30. The van der Waals surface area contributed by atoms with Gasteiger partial charge in [-0.05, 0) is 38.0 Å². The minimum absolute atomic E-state index is 0.0390. The zero-order valence-electron chi connectivity index (χ0n) is 16.9. The van der Waals surface area contributed by atoms with Crippen LogP contribution in [0.3, 0.4) is 0 Å². The fraction of sp³-hybridized carbons (Fsp3) is 0.450. The molecule has 1 aromatic carbocycles. The molecule has 1 unspecified atom stereocenters. The first-order valence-corrected chi connectivity index (χ1v) is 9.60. The highest BCUT2D eigenvalue weighted by atomic mass is 19.1. The normalized spacial score (nSPS) is 12.7. The lowest BCUT2D eigenvalue weighted by atomic mass is 10.1. The van der Waals surface area contributed by atoms with Crippen LogP contribution in [0.5, 0.6) is 0 Å². The third-order valence-corrected chi connectivity index (χ3v) is 4.75. The minimum atomic E-state index is -0.509. The predicted molar refractivity (Wildman–Crippen MR) is 109 cm³/mol. The summed E-state index contributed by atoms with van der Waals surface area (Å²) in [5.41, 5.74) is 1.33. The van der Waals surface area contributed by atoms with Crippen molar-refractivity contribution in [2.24, 2.45) is 5.92 Å². The van der Waals surface area contributed by atoms with E-state index in [0.717, 1.165) is 18.2 Å². The van der Waals surface area contributed by atoms with E-state index in [-0.39, 0.29) is 36.7 Å². The highest BCUT2D eigenvalue weighted by molar-refractivity contribution is 5.84. The third kappa shape index (κ3) is 4.61. The second kappa shape index (κ2) is 8.69. The van der Waals surface area contributed by atoms with E-state index in [0.29, 0.717) is 22.9 Å². The quantitative estimate of drug-likeness (QED) is 0.530. The molecular formula is C20H26F2N6O. The molecule has 2 heterocycles. The fourth-order valence-corrected chi connectivity index (χ4v) is 2.93. The maximum Gasteiger partial charge on any atom is 0.227 e. The van der Waals surface area contributed by atoms with Crippen molar-refractivity contribution < 1.29 is 13.9 Å². The molecule has 0 saturated carbocycles. The summed E-state index contributed by atoms with van der Waals surface area (Å²) in [5.74, 6) is -0.122. The molecule has 0 aliphatic carbocycles. The first-order valence-electron chi connectivity index (χ1n) is 9.60. The molecule has 156 valence electrons. The molecule has 0 spiro atoms. The number of fused-ring (bicyclic) bond motifs is 1. The average Bonchev–Trinajstić information content (AvgIpc) is 3.10. The zero-order chi connectivity index (χ0) is 21.1. The number of nitrogens with zero attached hydrogens (tertiary/aromatic N) is 4. The lowest BCUT2D eigenvalue weighted by Gasteiger charge is -2.20. The molecule has 3 N–H and O–H groups in total. The Labute approximate surface area is 168 Å². The Hall–Kier alpha value is -2.81. The fourth-order valence-electron chi connectivity index (χ4n) is 2.93. The highest BCUT2D eigenvalue weighted by Crippen LogP contribution is 2.25. The van der Waals surface area contributed by atoms with Crippen LogP contribution in [-0.2, 0) is 6.54 Å². The van der Waals surface area contributed by atoms with Crippen molar-refractivity contribution in [1.82, 2.24) is 19.5 Å². The number of hydrogen-bond donors (Lipinski definition) is 3. The van der Waals surface area contributed by atoms with Crippen LogP contribution in [0.15, 0.2) is 24.5 Å². The molecule has 0 aliphatic rings. The minimum Gasteiger partial charge on any atom is -0.394 e. The van der Waals surface area contributed by atoms with E-state index in [1.165, 1.54) is 0 Å². The summed E-state index contributed by atoms with van der Waals surface area (Å²) in [6.07, 6.45) is 1.67. The number of imidazole rings is 1. The topological polar surface area (TPSA) is 87.9 Å². The van der Waals surface area contributed by atoms with Crippen LogP contribution in [0.4, 0.5) is 20.5 Å². The summed E-state index contributed by atoms with van der Waals surface area (Å²) in [6, 6.07) is 3.21. The van der Waals surface area contributed by atoms with E-state index in [4.69, 9.17) is 0 Å². The molecule has 0 saturated heterocycles. The summed E-state index contributed by atoms with van der Waals surface area (Å²) in [4.78, 5) is 13.4. The van der Waals surface area contributed by atoms with Crippen LogP contribution in [0.1, 0.15) is 39.3 Å². The Morgan fingerprint density at radius 1 is 1.14 bits per heavy atom. The van der Waals surface area contributed by atoms with Gasteiger partial charge in [0.05, 0.1) is 19.0 Å². The van der Waals surface area contributed by atoms with Gasteiger partial charge in [0.2, 0.25) is 5.95 Å². The number of aliphatic hydroxyl groups is 1. The number of aromatic nitrogens is 4. The molecule has 1 atom stereocenters. The Morgan fingerprint density at radius 3 is 2.55 bits per heavy atom. The SMILES string of the molecule is CC(C)C(CO)Nc1nc(NCc2cc(F)ccc2F)c2ncn(C(C)C)c2n1. The van der Waals surface area contributed by atoms with Gasteiger partial charge in [-0.25, -0.2) is 13.8 Å². The molecule has 0 aliphatic heterocycles. The highest BCUT2D eigenvalue weighted by Gasteiger charge is 2.18. The molecule has 3 aromatic rings. The molecule has 7 nitrogen and oxygen atoms in total. The van der Waals surface area contributed by atoms with Gasteiger partial charge in [0.15, 0.2) is 17.0 Å². The van der Waals surface area contributed by atoms with Crippen molar-refractivity contribution in [2.75, 3.05) is 17.2 Å². The van der Waals surface area contributed by atoms with E-state index in [1.807, 2.05) is 32.3 Å². The van der Waals surface area contributed by atoms with Crippen molar-refractivity contribution >= 4 is 22.9 Å². The van der Waals surface area contributed by atoms with Crippen LogP contribution < -0.4 is 10.6 Å². The van der Waals surface area contributed by atoms with Crippen LogP contribution in [0.25, 0.3) is 11.2 Å². The van der Waals surface area contributed by atoms with Gasteiger partial charge in [0, 0.05) is 18.2 Å². The molecule has 3 rings (SSSR count). The van der Waals surface area contributed by atoms with Crippen LogP contribution >= 0.6 is 0 Å². The summed E-state index contributed by atoms with van der Waals surface area (Å²) in [6.45, 7) is 7.96. The van der Waals surface area contributed by atoms with Crippen molar-refractivity contribution in [2.45, 2.75) is 46.3 Å². The molecule has 9 heteroatoms. The first-order chi connectivity index (χ1) is 13.8. The van der Waals surface area contributed by atoms with Crippen LogP contribution in [-0.4, -0.2) is 37.3 Å². The number of anilines is 2. The van der Waals surface area contributed by atoms with Crippen molar-refractivity contribution in [3.05, 3.63) is 41.7 Å². The molecule has 29 heavy (non-hydrogen) atoms. The lowest BCUT2D eigenvalue weighted by molar-refractivity contribution is 0.248. The molecule has 0 fully saturated rings. The second-order valence-corrected chi connectivity index (χ2v) is 7.58. The van der Waals surface area contributed by atoms with Gasteiger partial charge in [-0.2, -0.15) is 9.97 Å². The summed E-state index contributed by atoms with van der Waals surface area (Å²) in [5, 5.41) is 15.8. The number of aliphatic hydroxyl groups excluding tert-OH is 1. The third-order valence-electron chi connectivity index (χ3n) is 4.75. The first kappa shape index (κ1) is 20.9. The van der Waals surface area contributed by atoms with Gasteiger partial charge < -0.3 is 20.3 Å². The monoisotopic (exact) mass is 404 g/mol. The summed E-state index contributed by atoms with van der Waals surface area (Å²) in [7, 11) is 0. The molecule has 0 bridgehead atoms. The van der Waals surface area contributed by atoms with Gasteiger partial charge >= 0.3 is 0 Å². The van der Waals surface area contributed by atoms with Crippen molar-refractivity contribution in [1.29, 1.82) is 0 Å². The molecule has 2 aromatic heterocycles. The van der Waals surface area contributed by atoms with Gasteiger partial charge in [-0.3, -0.25) is 0 Å². The van der Waals surface area contributed by atoms with Gasteiger partial charge in [-0.1, -0.05) is 13.8 Å². The number of rotatable bonds is 8. The number of nitrogens with one attached hydrogen (secondary N) is 2. The number of halogens is 2. The summed E-state index contributed by atoms with van der Waals surface area (Å²) < 4.78 is 29.4. The predicted octanol–water partition coefficient (Wildman–Crippen LogP) is 3.73. The van der Waals surface area contributed by atoms with Crippen LogP contribution in [0.2, 0.25) is 0 Å². The van der Waals surface area contributed by atoms with Crippen LogP contribution in [0, 0.1) is 17.6 Å². The molecule has 0 radical (unpaired) electrons. The average molecular weight is 404 g/mol. The second-order valence-electron chi connectivity index (χ2n) is 7.58. The van der Waals surface area contributed by atoms with Gasteiger partial charge in [-0.15, -0.1) is 0 Å². The Morgan fingerprint density at radius 2 is 1.90 bits per heavy atom. The Balaban J connectivity index is 1.98.